The summed E-state index contributed by atoms with van der Waals surface area (Å²) in [5.74, 6) is -1.64. The molecule has 1 saturated carbocycles. The smallest absolute Gasteiger partial charge is 0.391 e. The van der Waals surface area contributed by atoms with Gasteiger partial charge in [-0.25, -0.2) is 9.18 Å². The van der Waals surface area contributed by atoms with Gasteiger partial charge in [-0.2, -0.15) is 18.4 Å². The molecule has 3 aromatic carbocycles. The van der Waals surface area contributed by atoms with Gasteiger partial charge in [0.05, 0.1) is 29.0 Å². The summed E-state index contributed by atoms with van der Waals surface area (Å²) in [6.45, 7) is -0.202. The van der Waals surface area contributed by atoms with E-state index < -0.39 is 47.2 Å². The van der Waals surface area contributed by atoms with Crippen LogP contribution in [0.25, 0.3) is 0 Å². The van der Waals surface area contributed by atoms with Gasteiger partial charge in [-0.3, -0.25) is 4.79 Å². The van der Waals surface area contributed by atoms with Crippen LogP contribution in [-0.2, 0) is 16.5 Å². The Hall–Kier alpha value is -4.47. The molecule has 3 amide bonds. The second-order valence-electron chi connectivity index (χ2n) is 10.3. The molecule has 1 saturated heterocycles. The number of nitrogens with one attached hydrogen (secondary N) is 2. The van der Waals surface area contributed by atoms with E-state index in [2.05, 4.69) is 16.7 Å². The largest absolute Gasteiger partial charge is 0.416 e. The van der Waals surface area contributed by atoms with E-state index in [-0.39, 0.29) is 30.3 Å². The average Bonchev–Trinajstić information content (AvgIpc) is 3.48. The number of nitrogens with zero attached hydrogens (tertiary/aromatic N) is 2. The van der Waals surface area contributed by atoms with Crippen LogP contribution < -0.4 is 16.4 Å². The van der Waals surface area contributed by atoms with Crippen molar-refractivity contribution in [1.82, 2.24) is 4.90 Å². The van der Waals surface area contributed by atoms with Gasteiger partial charge in [0.15, 0.2) is 0 Å². The third kappa shape index (κ3) is 5.73. The van der Waals surface area contributed by atoms with Gasteiger partial charge >= 0.3 is 12.2 Å². The molecule has 0 spiro atoms. The Labute approximate surface area is 232 Å². The van der Waals surface area contributed by atoms with Crippen molar-refractivity contribution in [2.75, 3.05) is 17.2 Å². The SMILES string of the molecule is N#Cc1cccc(C2(N)CC2c2ccc(F)c(NC(=O)[C@H]3C[C@@H](O)CN3C(=O)Nc3ccc(C(F)(F)F)cc3)c2)c1. The fourth-order valence-corrected chi connectivity index (χ4v) is 5.19. The second-order valence-corrected chi connectivity index (χ2v) is 10.3. The van der Waals surface area contributed by atoms with Crippen LogP contribution in [0.2, 0.25) is 0 Å². The van der Waals surface area contributed by atoms with Crippen LogP contribution in [0.1, 0.15) is 41.0 Å². The van der Waals surface area contributed by atoms with Crippen molar-refractivity contribution in [3.8, 4) is 6.07 Å². The first kappa shape index (κ1) is 28.1. The highest BCUT2D eigenvalue weighted by molar-refractivity contribution is 5.99. The van der Waals surface area contributed by atoms with Crippen molar-refractivity contribution >= 4 is 23.3 Å². The molecule has 2 unspecified atom stereocenters. The van der Waals surface area contributed by atoms with Gasteiger partial charge in [0, 0.05) is 30.1 Å². The van der Waals surface area contributed by atoms with Gasteiger partial charge in [-0.1, -0.05) is 18.2 Å². The molecule has 1 aliphatic carbocycles. The zero-order valence-corrected chi connectivity index (χ0v) is 21.5. The zero-order valence-electron chi connectivity index (χ0n) is 21.5. The zero-order chi connectivity index (χ0) is 29.5. The van der Waals surface area contributed by atoms with Crippen molar-refractivity contribution < 1.29 is 32.3 Å². The lowest BCUT2D eigenvalue weighted by atomic mass is 9.97. The maximum Gasteiger partial charge on any atom is 0.416 e. The van der Waals surface area contributed by atoms with Crippen LogP contribution in [0.4, 0.5) is 33.7 Å². The van der Waals surface area contributed by atoms with Crippen molar-refractivity contribution in [3.05, 3.63) is 94.8 Å². The van der Waals surface area contributed by atoms with Crippen LogP contribution in [0.15, 0.2) is 66.7 Å². The van der Waals surface area contributed by atoms with E-state index in [9.17, 15) is 37.5 Å². The molecule has 0 radical (unpaired) electrons. The molecular formula is C29H25F4N5O3. The first-order valence-corrected chi connectivity index (χ1v) is 12.7. The number of nitrogens with two attached hydrogens (primary N) is 1. The molecule has 3 aromatic rings. The van der Waals surface area contributed by atoms with Gasteiger partial charge in [0.1, 0.15) is 11.9 Å². The highest BCUT2D eigenvalue weighted by Gasteiger charge is 2.53. The van der Waals surface area contributed by atoms with E-state index >= 15 is 0 Å². The van der Waals surface area contributed by atoms with Gasteiger partial charge in [0.25, 0.3) is 0 Å². The van der Waals surface area contributed by atoms with E-state index in [1.807, 2.05) is 6.07 Å². The predicted molar refractivity (Wildman–Crippen MR) is 141 cm³/mol. The van der Waals surface area contributed by atoms with Crippen LogP contribution in [-0.4, -0.2) is 40.6 Å². The van der Waals surface area contributed by atoms with Gasteiger partial charge in [0.2, 0.25) is 5.91 Å². The van der Waals surface area contributed by atoms with E-state index in [4.69, 9.17) is 5.73 Å². The van der Waals surface area contributed by atoms with Gasteiger partial charge in [-0.15, -0.1) is 0 Å². The molecule has 5 rings (SSSR count). The minimum Gasteiger partial charge on any atom is -0.391 e. The quantitative estimate of drug-likeness (QED) is 0.333. The maximum absolute atomic E-state index is 14.7. The number of aliphatic hydroxyl groups is 1. The molecule has 12 heteroatoms. The fraction of sp³-hybridized carbons (Fsp3) is 0.276. The second kappa shape index (κ2) is 10.5. The molecule has 0 bridgehead atoms. The predicted octanol–water partition coefficient (Wildman–Crippen LogP) is 4.66. The van der Waals surface area contributed by atoms with Crippen LogP contribution in [0.5, 0.6) is 0 Å². The van der Waals surface area contributed by atoms with E-state index in [0.29, 0.717) is 17.5 Å². The number of anilines is 2. The normalized spacial score (nSPS) is 23.5. The lowest BCUT2D eigenvalue weighted by molar-refractivity contribution is -0.137. The lowest BCUT2D eigenvalue weighted by Gasteiger charge is -2.24. The summed E-state index contributed by atoms with van der Waals surface area (Å²) in [7, 11) is 0. The van der Waals surface area contributed by atoms with Gasteiger partial charge in [-0.05, 0) is 66.1 Å². The number of hydrogen-bond acceptors (Lipinski definition) is 5. The number of hydrogen-bond donors (Lipinski definition) is 4. The molecule has 8 nitrogen and oxygen atoms in total. The van der Waals surface area contributed by atoms with Crippen molar-refractivity contribution in [2.45, 2.75) is 42.6 Å². The Morgan fingerprint density at radius 3 is 2.49 bits per heavy atom. The van der Waals surface area contributed by atoms with Gasteiger partial charge < -0.3 is 26.4 Å². The van der Waals surface area contributed by atoms with E-state index in [1.165, 1.54) is 12.1 Å². The standard InChI is InChI=1S/C29H25F4N5O3/c30-23-9-4-17(22-13-28(22,35)19-3-1-2-16(10-19)14-34)11-24(23)37-26(40)25-12-21(39)15-38(25)27(41)36-20-7-5-18(6-8-20)29(31,32)33/h1-11,21-22,25,39H,12-13,15,35H2,(H,36,41)(H,37,40)/t21-,22?,25-,28?/m1/s1. The Kier molecular flexibility index (Phi) is 7.19. The minimum absolute atomic E-state index is 0.0669. The molecule has 5 N–H and O–H groups in total. The highest BCUT2D eigenvalue weighted by atomic mass is 19.4. The number of halogens is 4. The number of amides is 3. The Morgan fingerprint density at radius 2 is 1.80 bits per heavy atom. The average molecular weight is 568 g/mol. The Bertz CT molecular complexity index is 1540. The maximum atomic E-state index is 14.7. The molecule has 0 aromatic heterocycles. The molecule has 2 fully saturated rings. The van der Waals surface area contributed by atoms with E-state index in [1.54, 1.807) is 24.3 Å². The molecular weight excluding hydrogens is 542 g/mol. The molecule has 212 valence electrons. The number of benzene rings is 3. The number of rotatable bonds is 5. The van der Waals surface area contributed by atoms with Crippen molar-refractivity contribution in [1.29, 1.82) is 5.26 Å². The van der Waals surface area contributed by atoms with Crippen LogP contribution >= 0.6 is 0 Å². The first-order chi connectivity index (χ1) is 19.4. The number of urea groups is 1. The summed E-state index contributed by atoms with van der Waals surface area (Å²) in [6.07, 6.45) is -5.13. The summed E-state index contributed by atoms with van der Waals surface area (Å²) < 4.78 is 53.2. The topological polar surface area (TPSA) is 131 Å². The minimum atomic E-state index is -4.54. The fourth-order valence-electron chi connectivity index (χ4n) is 5.19. The van der Waals surface area contributed by atoms with Crippen LogP contribution in [0, 0.1) is 17.1 Å². The summed E-state index contributed by atoms with van der Waals surface area (Å²) in [4.78, 5) is 27.1. The lowest BCUT2D eigenvalue weighted by Crippen LogP contribution is -2.45. The molecule has 1 aliphatic heterocycles. The first-order valence-electron chi connectivity index (χ1n) is 12.7. The Morgan fingerprint density at radius 1 is 1.07 bits per heavy atom. The summed E-state index contributed by atoms with van der Waals surface area (Å²) in [5, 5.41) is 24.3. The number of alkyl halides is 3. The summed E-state index contributed by atoms with van der Waals surface area (Å²) in [6, 6.07) is 15.1. The number of carbonyl (C=O) groups excluding carboxylic acids is 2. The molecule has 1 heterocycles. The molecule has 2 aliphatic rings. The monoisotopic (exact) mass is 567 g/mol. The van der Waals surface area contributed by atoms with Crippen LogP contribution in [0.3, 0.4) is 0 Å². The van der Waals surface area contributed by atoms with Crippen molar-refractivity contribution in [3.63, 3.8) is 0 Å². The third-order valence-corrected chi connectivity index (χ3v) is 7.49. The highest BCUT2D eigenvalue weighted by Crippen LogP contribution is 2.56. The number of nitriles is 1. The number of β-amino-alcohol motifs (C(OH)–C–C–N with tert-alkyl or cyclic N) is 1. The Balaban J connectivity index is 1.29. The number of carbonyl (C=O) groups is 2. The molecule has 41 heavy (non-hydrogen) atoms. The number of aliphatic hydroxyl groups excluding tert-OH is 1. The van der Waals surface area contributed by atoms with Crippen molar-refractivity contribution in [2.24, 2.45) is 5.73 Å². The number of likely N-dealkylation sites (tertiary alicyclic amines) is 1. The third-order valence-electron chi connectivity index (χ3n) is 7.49. The molecule has 4 atom stereocenters. The summed E-state index contributed by atoms with van der Waals surface area (Å²) in [5.41, 5.74) is 6.80. The van der Waals surface area contributed by atoms with E-state index in [0.717, 1.165) is 34.7 Å². The summed E-state index contributed by atoms with van der Waals surface area (Å²) >= 11 is 0.